The van der Waals surface area contributed by atoms with Crippen molar-refractivity contribution in [1.82, 2.24) is 4.90 Å². The molecule has 1 saturated heterocycles. The lowest BCUT2D eigenvalue weighted by Gasteiger charge is -2.43. The molecule has 1 fully saturated rings. The minimum absolute atomic E-state index is 0.182. The highest BCUT2D eigenvalue weighted by Crippen LogP contribution is 2.31. The number of rotatable bonds is 6. The summed E-state index contributed by atoms with van der Waals surface area (Å²) in [5.74, 6) is -1.50. The molecule has 1 aromatic carbocycles. The molecule has 0 bridgehead atoms. The molecule has 1 amide bonds. The lowest BCUT2D eigenvalue weighted by Crippen LogP contribution is -2.55. The molecule has 23 heavy (non-hydrogen) atoms. The van der Waals surface area contributed by atoms with Crippen molar-refractivity contribution in [3.05, 3.63) is 34.9 Å². The van der Waals surface area contributed by atoms with Crippen LogP contribution in [-0.4, -0.2) is 52.3 Å². The van der Waals surface area contributed by atoms with Gasteiger partial charge in [0.05, 0.1) is 31.7 Å². The summed E-state index contributed by atoms with van der Waals surface area (Å²) in [6.07, 6.45) is -0.840. The predicted molar refractivity (Wildman–Crippen MR) is 84.2 cm³/mol. The fraction of sp³-hybridized carbons (Fsp3) is 0.500. The maximum Gasteiger partial charge on any atom is 0.306 e. The molecule has 6 nitrogen and oxygen atoms in total. The van der Waals surface area contributed by atoms with Crippen LogP contribution in [-0.2, 0) is 14.3 Å². The first kappa shape index (κ1) is 17.7. The number of carbonyl (C=O) groups is 2. The summed E-state index contributed by atoms with van der Waals surface area (Å²) < 4.78 is 5.48. The van der Waals surface area contributed by atoms with Crippen molar-refractivity contribution < 1.29 is 24.5 Å². The molecule has 3 atom stereocenters. The Bertz CT molecular complexity index is 558. The molecule has 1 unspecified atom stereocenters. The molecule has 2 N–H and O–H groups in total. The molecular formula is C16H20ClNO5. The number of aliphatic carboxylic acids is 1. The highest BCUT2D eigenvalue weighted by Gasteiger charge is 2.40. The van der Waals surface area contributed by atoms with Gasteiger partial charge >= 0.3 is 5.97 Å². The standard InChI is InChI=1S/C16H20ClNO5/c1-2-12(8-19)18-13(10-3-5-11(17)6-4-10)9-23-14(16(18)22)7-15(20)21/h3-6,12-14,19H,2,7-9H2,1H3,(H,20,21)/t12-,13-,14?/m0/s1. The van der Waals surface area contributed by atoms with Crippen molar-refractivity contribution in [3.63, 3.8) is 0 Å². The number of carboxylic acids is 1. The van der Waals surface area contributed by atoms with Gasteiger partial charge < -0.3 is 19.8 Å². The summed E-state index contributed by atoms with van der Waals surface area (Å²) in [5, 5.41) is 19.1. The van der Waals surface area contributed by atoms with Crippen LogP contribution in [0.4, 0.5) is 0 Å². The monoisotopic (exact) mass is 341 g/mol. The molecule has 0 aromatic heterocycles. The second kappa shape index (κ2) is 7.77. The molecule has 1 aromatic rings. The SMILES string of the molecule is CC[C@@H](CO)N1C(=O)C(CC(=O)O)OC[C@H]1c1ccc(Cl)cc1. The molecule has 0 saturated carbocycles. The molecule has 7 heteroatoms. The number of halogens is 1. The number of hydrogen-bond donors (Lipinski definition) is 2. The van der Waals surface area contributed by atoms with Gasteiger partial charge in [-0.25, -0.2) is 0 Å². The van der Waals surface area contributed by atoms with Gasteiger partial charge in [-0.2, -0.15) is 0 Å². The van der Waals surface area contributed by atoms with Gasteiger partial charge in [0, 0.05) is 5.02 Å². The smallest absolute Gasteiger partial charge is 0.306 e. The van der Waals surface area contributed by atoms with Crippen LogP contribution in [0.5, 0.6) is 0 Å². The molecule has 126 valence electrons. The third-order valence-electron chi connectivity index (χ3n) is 4.01. The average molecular weight is 342 g/mol. The minimum Gasteiger partial charge on any atom is -0.481 e. The summed E-state index contributed by atoms with van der Waals surface area (Å²) in [6.45, 7) is 1.86. The Morgan fingerprint density at radius 2 is 2.09 bits per heavy atom. The van der Waals surface area contributed by atoms with Gasteiger partial charge in [-0.3, -0.25) is 9.59 Å². The van der Waals surface area contributed by atoms with E-state index in [9.17, 15) is 14.7 Å². The Labute approximate surface area is 139 Å². The molecule has 1 aliphatic heterocycles. The predicted octanol–water partition coefficient (Wildman–Crippen LogP) is 1.85. The number of aliphatic hydroxyl groups is 1. The molecule has 0 spiro atoms. The second-order valence-corrected chi connectivity index (χ2v) is 5.91. The van der Waals surface area contributed by atoms with Gasteiger partial charge in [0.15, 0.2) is 0 Å². The van der Waals surface area contributed by atoms with Crippen LogP contribution in [0.3, 0.4) is 0 Å². The highest BCUT2D eigenvalue weighted by molar-refractivity contribution is 6.30. The van der Waals surface area contributed by atoms with E-state index in [0.29, 0.717) is 11.4 Å². The fourth-order valence-corrected chi connectivity index (χ4v) is 2.90. The Morgan fingerprint density at radius 1 is 1.43 bits per heavy atom. The molecule has 1 heterocycles. The number of hydrogen-bond acceptors (Lipinski definition) is 4. The van der Waals surface area contributed by atoms with Crippen LogP contribution in [0.2, 0.25) is 5.02 Å². The normalized spacial score (nSPS) is 22.9. The quantitative estimate of drug-likeness (QED) is 0.824. The zero-order chi connectivity index (χ0) is 17.0. The number of morpholine rings is 1. The lowest BCUT2D eigenvalue weighted by atomic mass is 9.99. The Morgan fingerprint density at radius 3 is 2.61 bits per heavy atom. The van der Waals surface area contributed by atoms with Crippen molar-refractivity contribution in [1.29, 1.82) is 0 Å². The molecular weight excluding hydrogens is 322 g/mol. The number of ether oxygens (including phenoxy) is 1. The van der Waals surface area contributed by atoms with Crippen LogP contribution >= 0.6 is 11.6 Å². The maximum atomic E-state index is 12.7. The van der Waals surface area contributed by atoms with Gasteiger partial charge in [-0.05, 0) is 24.1 Å². The number of carboxylic acid groups (broad SMARTS) is 1. The van der Waals surface area contributed by atoms with E-state index in [1.54, 1.807) is 29.2 Å². The van der Waals surface area contributed by atoms with Crippen molar-refractivity contribution >= 4 is 23.5 Å². The molecule has 2 rings (SSSR count). The van der Waals surface area contributed by atoms with Gasteiger partial charge in [0.25, 0.3) is 5.91 Å². The third kappa shape index (κ3) is 4.02. The topological polar surface area (TPSA) is 87.1 Å². The van der Waals surface area contributed by atoms with Gasteiger partial charge in [0.2, 0.25) is 0 Å². The largest absolute Gasteiger partial charge is 0.481 e. The first-order chi connectivity index (χ1) is 11.0. The Hall–Kier alpha value is -1.63. The van der Waals surface area contributed by atoms with Crippen LogP contribution in [0.15, 0.2) is 24.3 Å². The van der Waals surface area contributed by atoms with Crippen LogP contribution in [0.1, 0.15) is 31.4 Å². The van der Waals surface area contributed by atoms with Crippen molar-refractivity contribution in [2.75, 3.05) is 13.2 Å². The van der Waals surface area contributed by atoms with E-state index in [0.717, 1.165) is 5.56 Å². The fourth-order valence-electron chi connectivity index (χ4n) is 2.77. The second-order valence-electron chi connectivity index (χ2n) is 5.48. The summed E-state index contributed by atoms with van der Waals surface area (Å²) in [4.78, 5) is 25.1. The van der Waals surface area contributed by atoms with E-state index in [1.807, 2.05) is 6.92 Å². The minimum atomic E-state index is -1.09. The van der Waals surface area contributed by atoms with Crippen LogP contribution in [0.25, 0.3) is 0 Å². The summed E-state index contributed by atoms with van der Waals surface area (Å²) in [5.41, 5.74) is 0.837. The van der Waals surface area contributed by atoms with Crippen molar-refractivity contribution in [2.24, 2.45) is 0 Å². The van der Waals surface area contributed by atoms with E-state index in [-0.39, 0.29) is 31.7 Å². The zero-order valence-electron chi connectivity index (χ0n) is 12.8. The number of benzene rings is 1. The van der Waals surface area contributed by atoms with E-state index < -0.39 is 18.0 Å². The summed E-state index contributed by atoms with van der Waals surface area (Å²) in [7, 11) is 0. The van der Waals surface area contributed by atoms with E-state index in [1.165, 1.54) is 0 Å². The third-order valence-corrected chi connectivity index (χ3v) is 4.26. The Balaban J connectivity index is 2.31. The molecule has 0 radical (unpaired) electrons. The zero-order valence-corrected chi connectivity index (χ0v) is 13.6. The Kier molecular flexibility index (Phi) is 5.98. The first-order valence-corrected chi connectivity index (χ1v) is 7.87. The van der Waals surface area contributed by atoms with Crippen LogP contribution in [0, 0.1) is 0 Å². The maximum absolute atomic E-state index is 12.7. The summed E-state index contributed by atoms with van der Waals surface area (Å²) in [6, 6.07) is 6.30. The van der Waals surface area contributed by atoms with E-state index >= 15 is 0 Å². The van der Waals surface area contributed by atoms with Gasteiger partial charge in [-0.15, -0.1) is 0 Å². The number of aliphatic hydroxyl groups excluding tert-OH is 1. The lowest BCUT2D eigenvalue weighted by molar-refractivity contribution is -0.170. The molecule has 0 aliphatic carbocycles. The molecule has 1 aliphatic rings. The average Bonchev–Trinajstić information content (AvgIpc) is 2.52. The van der Waals surface area contributed by atoms with Crippen molar-refractivity contribution in [3.8, 4) is 0 Å². The summed E-state index contributed by atoms with van der Waals surface area (Å²) >= 11 is 5.90. The van der Waals surface area contributed by atoms with E-state index in [4.69, 9.17) is 21.4 Å². The van der Waals surface area contributed by atoms with Gasteiger partial charge in [0.1, 0.15) is 6.10 Å². The van der Waals surface area contributed by atoms with E-state index in [2.05, 4.69) is 0 Å². The number of nitrogens with zero attached hydrogens (tertiary/aromatic N) is 1. The van der Waals surface area contributed by atoms with Crippen LogP contribution < -0.4 is 0 Å². The van der Waals surface area contributed by atoms with Crippen molar-refractivity contribution in [2.45, 2.75) is 38.0 Å². The number of amides is 1. The number of carbonyl (C=O) groups excluding carboxylic acids is 1. The highest BCUT2D eigenvalue weighted by atomic mass is 35.5. The first-order valence-electron chi connectivity index (χ1n) is 7.49. The van der Waals surface area contributed by atoms with Gasteiger partial charge in [-0.1, -0.05) is 30.7 Å².